The normalized spacial score (nSPS) is 11.9. The molecule has 0 bridgehead atoms. The Balaban J connectivity index is 1.95. The van der Waals surface area contributed by atoms with E-state index >= 15 is 0 Å². The monoisotopic (exact) mass is 289 g/mol. The molecule has 110 valence electrons. The Morgan fingerprint density at radius 3 is 2.62 bits per heavy atom. The molecular weight excluding hydrogens is 274 g/mol. The summed E-state index contributed by atoms with van der Waals surface area (Å²) >= 11 is 0. The van der Waals surface area contributed by atoms with Gasteiger partial charge in [-0.15, -0.1) is 10.2 Å². The van der Waals surface area contributed by atoms with E-state index in [2.05, 4.69) is 15.5 Å². The van der Waals surface area contributed by atoms with E-state index in [1.165, 1.54) is 6.39 Å². The standard InChI is InChI=1S/C14H15N3O4/c1-9(2-7-12(18)19)16-13(20)10-3-5-11(6-4-10)14-17-15-8-21-14/h3-6,8-9H,2,7H2,1H3,(H,16,20)(H,18,19). The molecule has 0 aliphatic carbocycles. The van der Waals surface area contributed by atoms with Gasteiger partial charge in [0.25, 0.3) is 5.91 Å². The summed E-state index contributed by atoms with van der Waals surface area (Å²) in [6, 6.07) is 6.52. The Labute approximate surface area is 121 Å². The number of nitrogens with zero attached hydrogens (tertiary/aromatic N) is 2. The number of carboxylic acid groups (broad SMARTS) is 1. The Bertz CT molecular complexity index is 608. The van der Waals surface area contributed by atoms with Crippen LogP contribution in [0.4, 0.5) is 0 Å². The van der Waals surface area contributed by atoms with Crippen molar-refractivity contribution in [3.05, 3.63) is 36.2 Å². The van der Waals surface area contributed by atoms with Gasteiger partial charge >= 0.3 is 5.97 Å². The molecule has 0 aliphatic heterocycles. The first kappa shape index (κ1) is 14.7. The van der Waals surface area contributed by atoms with Gasteiger partial charge < -0.3 is 14.8 Å². The van der Waals surface area contributed by atoms with Crippen LogP contribution in [0.25, 0.3) is 11.5 Å². The van der Waals surface area contributed by atoms with Gasteiger partial charge in [0.15, 0.2) is 0 Å². The van der Waals surface area contributed by atoms with Crippen LogP contribution in [-0.4, -0.2) is 33.2 Å². The molecule has 1 heterocycles. The van der Waals surface area contributed by atoms with E-state index in [0.717, 1.165) is 5.56 Å². The summed E-state index contributed by atoms with van der Waals surface area (Å²) in [7, 11) is 0. The molecule has 0 aliphatic rings. The van der Waals surface area contributed by atoms with Gasteiger partial charge in [-0.2, -0.15) is 0 Å². The van der Waals surface area contributed by atoms with Gasteiger partial charge in [0.1, 0.15) is 0 Å². The summed E-state index contributed by atoms with van der Waals surface area (Å²) in [5.74, 6) is -0.734. The molecule has 7 nitrogen and oxygen atoms in total. The zero-order valence-electron chi connectivity index (χ0n) is 11.4. The lowest BCUT2D eigenvalue weighted by molar-refractivity contribution is -0.137. The number of carbonyl (C=O) groups excluding carboxylic acids is 1. The van der Waals surface area contributed by atoms with Gasteiger partial charge in [-0.05, 0) is 37.6 Å². The van der Waals surface area contributed by atoms with E-state index in [4.69, 9.17) is 9.52 Å². The Morgan fingerprint density at radius 1 is 1.33 bits per heavy atom. The quantitative estimate of drug-likeness (QED) is 0.838. The molecule has 2 aromatic rings. The number of carbonyl (C=O) groups is 2. The average Bonchev–Trinajstić information content (AvgIpc) is 2.99. The van der Waals surface area contributed by atoms with Gasteiger partial charge in [-0.25, -0.2) is 0 Å². The number of aromatic nitrogens is 2. The third-order valence-corrected chi connectivity index (χ3v) is 2.92. The fraction of sp³-hybridized carbons (Fsp3) is 0.286. The summed E-state index contributed by atoms with van der Waals surface area (Å²) in [6.07, 6.45) is 1.65. The van der Waals surface area contributed by atoms with Gasteiger partial charge in [-0.3, -0.25) is 9.59 Å². The number of hydrogen-bond acceptors (Lipinski definition) is 5. The highest BCUT2D eigenvalue weighted by Gasteiger charge is 2.12. The van der Waals surface area contributed by atoms with E-state index in [1.807, 2.05) is 0 Å². The number of carboxylic acids is 1. The third kappa shape index (κ3) is 4.13. The van der Waals surface area contributed by atoms with Crippen molar-refractivity contribution in [1.29, 1.82) is 0 Å². The van der Waals surface area contributed by atoms with Crippen molar-refractivity contribution >= 4 is 11.9 Å². The Morgan fingerprint density at radius 2 is 2.05 bits per heavy atom. The molecule has 0 radical (unpaired) electrons. The second-order valence-corrected chi connectivity index (χ2v) is 4.63. The summed E-state index contributed by atoms with van der Waals surface area (Å²) in [5, 5.41) is 18.7. The lowest BCUT2D eigenvalue weighted by atomic mass is 10.1. The number of nitrogens with one attached hydrogen (secondary N) is 1. The number of amides is 1. The summed E-state index contributed by atoms with van der Waals surface area (Å²) < 4.78 is 5.06. The molecule has 0 saturated heterocycles. The van der Waals surface area contributed by atoms with Crippen molar-refractivity contribution in [2.45, 2.75) is 25.8 Å². The predicted octanol–water partition coefficient (Wildman–Crippen LogP) is 1.72. The van der Waals surface area contributed by atoms with Crippen LogP contribution in [0.1, 0.15) is 30.1 Å². The summed E-state index contributed by atoms with van der Waals surface area (Å²) in [6.45, 7) is 1.77. The maximum atomic E-state index is 12.0. The third-order valence-electron chi connectivity index (χ3n) is 2.92. The molecule has 1 amide bonds. The minimum atomic E-state index is -0.875. The molecule has 1 atom stereocenters. The van der Waals surface area contributed by atoms with E-state index in [-0.39, 0.29) is 18.4 Å². The molecule has 0 fully saturated rings. The number of hydrogen-bond donors (Lipinski definition) is 2. The molecule has 7 heteroatoms. The molecule has 2 rings (SSSR count). The van der Waals surface area contributed by atoms with E-state index in [0.29, 0.717) is 17.9 Å². The number of rotatable bonds is 6. The second-order valence-electron chi connectivity index (χ2n) is 4.63. The largest absolute Gasteiger partial charge is 0.481 e. The zero-order chi connectivity index (χ0) is 15.2. The molecule has 0 spiro atoms. The van der Waals surface area contributed by atoms with Crippen LogP contribution < -0.4 is 5.32 Å². The van der Waals surface area contributed by atoms with E-state index in [9.17, 15) is 9.59 Å². The van der Waals surface area contributed by atoms with Crippen molar-refractivity contribution in [2.75, 3.05) is 0 Å². The van der Waals surface area contributed by atoms with E-state index in [1.54, 1.807) is 31.2 Å². The lowest BCUT2D eigenvalue weighted by Crippen LogP contribution is -2.32. The van der Waals surface area contributed by atoms with Crippen molar-refractivity contribution in [3.63, 3.8) is 0 Å². The van der Waals surface area contributed by atoms with Crippen molar-refractivity contribution in [1.82, 2.24) is 15.5 Å². The van der Waals surface area contributed by atoms with Crippen LogP contribution in [0.2, 0.25) is 0 Å². The van der Waals surface area contributed by atoms with Crippen LogP contribution in [0, 0.1) is 0 Å². The minimum Gasteiger partial charge on any atom is -0.481 e. The zero-order valence-corrected chi connectivity index (χ0v) is 11.4. The van der Waals surface area contributed by atoms with Gasteiger partial charge in [0, 0.05) is 23.6 Å². The SMILES string of the molecule is CC(CCC(=O)O)NC(=O)c1ccc(-c2nnco2)cc1. The van der Waals surface area contributed by atoms with Gasteiger partial charge in [0.05, 0.1) is 0 Å². The highest BCUT2D eigenvalue weighted by molar-refractivity contribution is 5.94. The number of benzene rings is 1. The molecule has 1 aromatic carbocycles. The van der Waals surface area contributed by atoms with E-state index < -0.39 is 5.97 Å². The maximum absolute atomic E-state index is 12.0. The smallest absolute Gasteiger partial charge is 0.303 e. The second kappa shape index (κ2) is 6.65. The Hall–Kier alpha value is -2.70. The highest BCUT2D eigenvalue weighted by Crippen LogP contribution is 2.16. The first-order chi connectivity index (χ1) is 10.1. The number of aliphatic carboxylic acids is 1. The lowest BCUT2D eigenvalue weighted by Gasteiger charge is -2.12. The highest BCUT2D eigenvalue weighted by atomic mass is 16.4. The average molecular weight is 289 g/mol. The molecule has 1 aromatic heterocycles. The van der Waals surface area contributed by atoms with Crippen LogP contribution >= 0.6 is 0 Å². The topological polar surface area (TPSA) is 105 Å². The molecule has 21 heavy (non-hydrogen) atoms. The van der Waals surface area contributed by atoms with Crippen LogP contribution in [0.5, 0.6) is 0 Å². The molecular formula is C14H15N3O4. The summed E-state index contributed by atoms with van der Waals surface area (Å²) in [4.78, 5) is 22.5. The molecule has 0 saturated carbocycles. The first-order valence-corrected chi connectivity index (χ1v) is 6.45. The van der Waals surface area contributed by atoms with Gasteiger partial charge in [-0.1, -0.05) is 0 Å². The fourth-order valence-electron chi connectivity index (χ4n) is 1.78. The maximum Gasteiger partial charge on any atom is 0.303 e. The van der Waals surface area contributed by atoms with Crippen molar-refractivity contribution < 1.29 is 19.1 Å². The Kier molecular flexibility index (Phi) is 4.65. The molecule has 1 unspecified atom stereocenters. The van der Waals surface area contributed by atoms with Crippen molar-refractivity contribution in [3.8, 4) is 11.5 Å². The van der Waals surface area contributed by atoms with Crippen LogP contribution in [-0.2, 0) is 4.79 Å². The molecule has 2 N–H and O–H groups in total. The van der Waals surface area contributed by atoms with Gasteiger partial charge in [0.2, 0.25) is 12.3 Å². The van der Waals surface area contributed by atoms with Crippen LogP contribution in [0.15, 0.2) is 35.1 Å². The first-order valence-electron chi connectivity index (χ1n) is 6.45. The van der Waals surface area contributed by atoms with Crippen molar-refractivity contribution in [2.24, 2.45) is 0 Å². The summed E-state index contributed by atoms with van der Waals surface area (Å²) in [5.41, 5.74) is 1.21. The fourth-order valence-corrected chi connectivity index (χ4v) is 1.78. The minimum absolute atomic E-state index is 0.0253. The predicted molar refractivity (Wildman–Crippen MR) is 73.5 cm³/mol. The van der Waals surface area contributed by atoms with Crippen LogP contribution in [0.3, 0.4) is 0 Å².